The Kier molecular flexibility index (Phi) is 18.8. The summed E-state index contributed by atoms with van der Waals surface area (Å²) in [4.78, 5) is 0. The molecule has 0 heterocycles. The molecule has 0 fully saturated rings. The Morgan fingerprint density at radius 3 is 0.676 bits per heavy atom. The van der Waals surface area contributed by atoms with Crippen molar-refractivity contribution in [2.45, 2.75) is 0 Å². The first-order chi connectivity index (χ1) is 15.4. The van der Waals surface area contributed by atoms with Crippen LogP contribution in [0.4, 0.5) is 0 Å². The van der Waals surface area contributed by atoms with Crippen molar-refractivity contribution in [1.29, 1.82) is 0 Å². The van der Waals surface area contributed by atoms with Crippen molar-refractivity contribution in [3.8, 4) is 0 Å². The summed E-state index contributed by atoms with van der Waals surface area (Å²) in [6, 6.07) is 55.8. The molecule has 0 N–H and O–H groups in total. The molecule has 0 bridgehead atoms. The third-order valence-electron chi connectivity index (χ3n) is 4.73. The summed E-state index contributed by atoms with van der Waals surface area (Å²) in [6.07, 6.45) is 0. The van der Waals surface area contributed by atoms with Gasteiger partial charge in [0.15, 0.2) is 0 Å². The molecule has 0 unspecified atom stereocenters. The minimum absolute atomic E-state index is 0. The summed E-state index contributed by atoms with van der Waals surface area (Å²) in [7, 11) is 0. The molecule has 0 atom stereocenters. The van der Waals surface area contributed by atoms with Gasteiger partial charge in [-0.2, -0.15) is 107 Å². The summed E-state index contributed by atoms with van der Waals surface area (Å²) in [5.74, 6) is 0. The van der Waals surface area contributed by atoms with Crippen LogP contribution in [0.25, 0.3) is 0 Å². The second-order valence-electron chi connectivity index (χ2n) is 6.97. The first kappa shape index (κ1) is 31.7. The van der Waals surface area contributed by atoms with E-state index in [9.17, 15) is 0 Å². The van der Waals surface area contributed by atoms with Gasteiger partial charge in [-0.05, 0) is 0 Å². The van der Waals surface area contributed by atoms with Crippen molar-refractivity contribution in [1.82, 2.24) is 0 Å². The topological polar surface area (TPSA) is 0 Å². The zero-order valence-corrected chi connectivity index (χ0v) is 22.0. The smallest absolute Gasteiger partial charge is 0.214 e. The molecule has 174 valence electrons. The van der Waals surface area contributed by atoms with E-state index in [1.165, 1.54) is 16.4 Å². The van der Waals surface area contributed by atoms with Crippen LogP contribution in [0.2, 0.25) is 0 Å². The fourth-order valence-corrected chi connectivity index (χ4v) is 3.28. The van der Waals surface area contributed by atoms with Crippen LogP contribution < -0.4 is 16.4 Å². The molecule has 6 aromatic carbocycles. The SMILES string of the molecule is [Fe+2].[Fe+2].[Fe+2].c1cc[c-](B([c-]2cccc2)[c-]2cccc2)c1.c1cc[cH-]c1.c1cc[cH-]c1.c1cc[cH-]c1. The van der Waals surface area contributed by atoms with Crippen LogP contribution >= 0.6 is 0 Å². The van der Waals surface area contributed by atoms with E-state index in [4.69, 9.17) is 0 Å². The van der Waals surface area contributed by atoms with Gasteiger partial charge in [0, 0.05) is 6.71 Å². The van der Waals surface area contributed by atoms with E-state index in [-0.39, 0.29) is 51.2 Å². The maximum atomic E-state index is 2.20. The van der Waals surface area contributed by atoms with Gasteiger partial charge >= 0.3 is 51.2 Å². The maximum Gasteiger partial charge on any atom is 2.00 e. The van der Waals surface area contributed by atoms with E-state index in [1.54, 1.807) is 0 Å². The Morgan fingerprint density at radius 2 is 0.529 bits per heavy atom. The van der Waals surface area contributed by atoms with Gasteiger partial charge < -0.3 is 0 Å². The Bertz CT molecular complexity index is 857. The summed E-state index contributed by atoms with van der Waals surface area (Å²) in [6.45, 7) is 0.389. The third-order valence-corrected chi connectivity index (χ3v) is 4.73. The molecule has 0 saturated heterocycles. The average molecular weight is 566 g/mol. The Labute approximate surface area is 236 Å². The van der Waals surface area contributed by atoms with Crippen molar-refractivity contribution in [2.24, 2.45) is 0 Å². The van der Waals surface area contributed by atoms with Gasteiger partial charge in [0.1, 0.15) is 0 Å². The molecule has 0 spiro atoms. The molecule has 6 aromatic rings. The monoisotopic (exact) mass is 566 g/mol. The average Bonchev–Trinajstić information content (AvgIpc) is 3.70. The van der Waals surface area contributed by atoms with E-state index in [0.717, 1.165) is 0 Å². The van der Waals surface area contributed by atoms with Crippen LogP contribution in [0, 0.1) is 0 Å². The van der Waals surface area contributed by atoms with Crippen molar-refractivity contribution >= 4 is 23.1 Å². The van der Waals surface area contributed by atoms with Gasteiger partial charge in [0.05, 0.1) is 0 Å². The zero-order valence-electron chi connectivity index (χ0n) is 18.7. The van der Waals surface area contributed by atoms with Gasteiger partial charge in [0.2, 0.25) is 0 Å². The standard InChI is InChI=1S/C15H12B.3C5H5.3Fe/c1-2-8-13(7-1)16(14-9-3-4-10-14)15-11-5-6-12-15;3*1-2-4-5-3-1;;;/h1-12H;3*1-5H;;;/q-3;3*-1;3*+2. The molecule has 0 amide bonds. The molecular weight excluding hydrogens is 539 g/mol. The molecule has 0 aliphatic rings. The predicted octanol–water partition coefficient (Wildman–Crippen LogP) is 5.57. The summed E-state index contributed by atoms with van der Waals surface area (Å²) < 4.78 is 0. The van der Waals surface area contributed by atoms with Crippen LogP contribution in [0.15, 0.2) is 164 Å². The summed E-state index contributed by atoms with van der Waals surface area (Å²) >= 11 is 0. The molecule has 0 aromatic heterocycles. The van der Waals surface area contributed by atoms with Crippen LogP contribution in [0.3, 0.4) is 0 Å². The largest absolute Gasteiger partial charge is 2.00 e. The first-order valence-electron chi connectivity index (χ1n) is 10.6. The second kappa shape index (κ2) is 20.1. The van der Waals surface area contributed by atoms with Gasteiger partial charge in [-0.1, -0.05) is 0 Å². The van der Waals surface area contributed by atoms with E-state index in [1.807, 2.05) is 91.0 Å². The van der Waals surface area contributed by atoms with E-state index < -0.39 is 0 Å². The van der Waals surface area contributed by atoms with Gasteiger partial charge in [0.25, 0.3) is 0 Å². The molecule has 0 nitrogen and oxygen atoms in total. The van der Waals surface area contributed by atoms with E-state index in [0.29, 0.717) is 6.71 Å². The van der Waals surface area contributed by atoms with Crippen LogP contribution in [0.1, 0.15) is 0 Å². The maximum absolute atomic E-state index is 2.20. The predicted molar refractivity (Wildman–Crippen MR) is 137 cm³/mol. The molecular formula is C30H27BFe3. The summed E-state index contributed by atoms with van der Waals surface area (Å²) in [5, 5.41) is 0. The minimum atomic E-state index is 0. The van der Waals surface area contributed by atoms with Crippen molar-refractivity contribution in [2.75, 3.05) is 0 Å². The molecule has 0 aliphatic carbocycles. The van der Waals surface area contributed by atoms with Crippen molar-refractivity contribution in [3.63, 3.8) is 0 Å². The Morgan fingerprint density at radius 1 is 0.324 bits per heavy atom. The Balaban J connectivity index is 0.000000501. The van der Waals surface area contributed by atoms with E-state index in [2.05, 4.69) is 72.8 Å². The quantitative estimate of drug-likeness (QED) is 0.195. The van der Waals surface area contributed by atoms with E-state index >= 15 is 0 Å². The summed E-state index contributed by atoms with van der Waals surface area (Å²) in [5.41, 5.74) is 4.12. The first-order valence-corrected chi connectivity index (χ1v) is 10.6. The van der Waals surface area contributed by atoms with Crippen molar-refractivity contribution < 1.29 is 51.2 Å². The minimum Gasteiger partial charge on any atom is -0.214 e. The molecule has 0 saturated carbocycles. The number of rotatable bonds is 3. The molecule has 4 heteroatoms. The zero-order chi connectivity index (χ0) is 21.4. The van der Waals surface area contributed by atoms with Gasteiger partial charge in [-0.15, -0.1) is 0 Å². The van der Waals surface area contributed by atoms with Crippen LogP contribution in [-0.2, 0) is 51.2 Å². The molecule has 0 radical (unpaired) electrons. The normalized spacial score (nSPS) is 8.47. The van der Waals surface area contributed by atoms with Gasteiger partial charge in [-0.25, -0.2) is 72.8 Å². The van der Waals surface area contributed by atoms with Crippen LogP contribution in [0.5, 0.6) is 0 Å². The number of hydrogen-bond donors (Lipinski definition) is 0. The third kappa shape index (κ3) is 11.7. The molecule has 0 aliphatic heterocycles. The fourth-order valence-electron chi connectivity index (χ4n) is 3.28. The van der Waals surface area contributed by atoms with Crippen molar-refractivity contribution in [3.05, 3.63) is 164 Å². The Hall–Kier alpha value is -2.28. The molecule has 6 rings (SSSR count). The number of hydrogen-bond acceptors (Lipinski definition) is 0. The van der Waals surface area contributed by atoms with Crippen LogP contribution in [-0.4, -0.2) is 6.71 Å². The molecule has 34 heavy (non-hydrogen) atoms. The van der Waals surface area contributed by atoms with Gasteiger partial charge in [-0.3, -0.25) is 0 Å². The fraction of sp³-hybridized carbons (Fsp3) is 0. The second-order valence-corrected chi connectivity index (χ2v) is 6.97.